The zero-order chi connectivity index (χ0) is 9.84. The number of rotatable bonds is 4. The van der Waals surface area contributed by atoms with Crippen LogP contribution in [0.4, 0.5) is 0 Å². The molecule has 1 N–H and O–H groups in total. The predicted molar refractivity (Wildman–Crippen MR) is 58.3 cm³/mol. The Kier molecular flexibility index (Phi) is 4.89. The highest BCUT2D eigenvalue weighted by Crippen LogP contribution is 2.38. The number of nitrogens with one attached hydrogen (secondary N) is 1. The molecule has 1 fully saturated rings. The van der Waals surface area contributed by atoms with Crippen LogP contribution in [0.25, 0.3) is 0 Å². The summed E-state index contributed by atoms with van der Waals surface area (Å²) in [5, 5.41) is 3.24. The second-order valence-corrected chi connectivity index (χ2v) is 5.79. The third-order valence-electron chi connectivity index (χ3n) is 1.29. The van der Waals surface area contributed by atoms with Crippen LogP contribution in [-0.2, 0) is 9.47 Å². The Morgan fingerprint density at radius 2 is 1.31 bits per heavy atom. The molecule has 5 heteroatoms. The van der Waals surface area contributed by atoms with Gasteiger partial charge in [-0.15, -0.1) is 0 Å². The van der Waals surface area contributed by atoms with Crippen molar-refractivity contribution in [2.75, 3.05) is 0 Å². The standard InChI is InChI=1S/C8H17NO2S2/c1-5(2)10-7-9-8(13-12-7)11-6(3)4/h5-9H,1-4H3. The third-order valence-corrected chi connectivity index (χ3v) is 3.63. The smallest absolute Gasteiger partial charge is 0.169 e. The van der Waals surface area contributed by atoms with Gasteiger partial charge in [-0.25, -0.2) is 5.32 Å². The van der Waals surface area contributed by atoms with Crippen LogP contribution in [0.15, 0.2) is 0 Å². The highest BCUT2D eigenvalue weighted by atomic mass is 33.1. The Morgan fingerprint density at radius 1 is 0.923 bits per heavy atom. The van der Waals surface area contributed by atoms with E-state index >= 15 is 0 Å². The molecule has 0 amide bonds. The van der Waals surface area contributed by atoms with E-state index in [0.717, 1.165) is 0 Å². The lowest BCUT2D eigenvalue weighted by Gasteiger charge is -2.16. The molecule has 1 aliphatic rings. The summed E-state index contributed by atoms with van der Waals surface area (Å²) < 4.78 is 11.1. The molecule has 3 nitrogen and oxygen atoms in total. The summed E-state index contributed by atoms with van der Waals surface area (Å²) in [5.74, 6) is 0. The number of ether oxygens (including phenoxy) is 2. The van der Waals surface area contributed by atoms with Crippen molar-refractivity contribution in [3.8, 4) is 0 Å². The lowest BCUT2D eigenvalue weighted by atomic mass is 10.5. The van der Waals surface area contributed by atoms with Gasteiger partial charge in [0.2, 0.25) is 0 Å². The van der Waals surface area contributed by atoms with E-state index < -0.39 is 0 Å². The normalized spacial score (nSPS) is 29.1. The van der Waals surface area contributed by atoms with Crippen LogP contribution in [0.1, 0.15) is 27.7 Å². The Bertz CT molecular complexity index is 139. The van der Waals surface area contributed by atoms with E-state index in [1.54, 1.807) is 21.6 Å². The topological polar surface area (TPSA) is 30.5 Å². The average Bonchev–Trinajstić information content (AvgIpc) is 2.33. The van der Waals surface area contributed by atoms with E-state index in [1.807, 2.05) is 27.7 Å². The Labute approximate surface area is 87.7 Å². The number of hydrogen-bond donors (Lipinski definition) is 1. The zero-order valence-electron chi connectivity index (χ0n) is 8.44. The average molecular weight is 223 g/mol. The van der Waals surface area contributed by atoms with E-state index in [-0.39, 0.29) is 23.3 Å². The van der Waals surface area contributed by atoms with E-state index in [2.05, 4.69) is 5.32 Å². The monoisotopic (exact) mass is 223 g/mol. The molecule has 13 heavy (non-hydrogen) atoms. The molecular formula is C8H17NO2S2. The van der Waals surface area contributed by atoms with E-state index in [9.17, 15) is 0 Å². The Balaban J connectivity index is 2.20. The first-order chi connectivity index (χ1) is 6.08. The molecule has 1 aliphatic heterocycles. The zero-order valence-corrected chi connectivity index (χ0v) is 10.1. The van der Waals surface area contributed by atoms with Gasteiger partial charge in [0.1, 0.15) is 0 Å². The molecule has 0 aliphatic carbocycles. The molecule has 0 aromatic carbocycles. The van der Waals surface area contributed by atoms with Gasteiger partial charge >= 0.3 is 0 Å². The van der Waals surface area contributed by atoms with Crippen molar-refractivity contribution in [3.05, 3.63) is 0 Å². The Hall–Kier alpha value is 0.580. The maximum atomic E-state index is 5.57. The maximum absolute atomic E-state index is 5.57. The molecule has 78 valence electrons. The van der Waals surface area contributed by atoms with Crippen LogP contribution in [0.3, 0.4) is 0 Å². The van der Waals surface area contributed by atoms with Gasteiger partial charge in [-0.3, -0.25) is 0 Å². The lowest BCUT2D eigenvalue weighted by Crippen LogP contribution is -2.34. The van der Waals surface area contributed by atoms with Crippen molar-refractivity contribution in [2.45, 2.75) is 51.0 Å². The van der Waals surface area contributed by atoms with Crippen molar-refractivity contribution < 1.29 is 9.47 Å². The van der Waals surface area contributed by atoms with Gasteiger partial charge in [-0.1, -0.05) is 0 Å². The summed E-state index contributed by atoms with van der Waals surface area (Å²) in [7, 11) is 3.36. The van der Waals surface area contributed by atoms with E-state index in [4.69, 9.17) is 9.47 Å². The fraction of sp³-hybridized carbons (Fsp3) is 1.00. The highest BCUT2D eigenvalue weighted by Gasteiger charge is 2.27. The van der Waals surface area contributed by atoms with Crippen LogP contribution in [0.5, 0.6) is 0 Å². The van der Waals surface area contributed by atoms with Gasteiger partial charge in [0.15, 0.2) is 11.1 Å². The first kappa shape index (κ1) is 11.7. The minimum atomic E-state index is 0.0637. The van der Waals surface area contributed by atoms with Crippen molar-refractivity contribution in [1.82, 2.24) is 5.32 Å². The highest BCUT2D eigenvalue weighted by molar-refractivity contribution is 8.77. The summed E-state index contributed by atoms with van der Waals surface area (Å²) >= 11 is 0. The van der Waals surface area contributed by atoms with Gasteiger partial charge in [-0.05, 0) is 49.3 Å². The summed E-state index contributed by atoms with van der Waals surface area (Å²) in [6.45, 7) is 8.13. The number of hydrogen-bond acceptors (Lipinski definition) is 5. The lowest BCUT2D eigenvalue weighted by molar-refractivity contribution is -0.0111. The maximum Gasteiger partial charge on any atom is 0.169 e. The van der Waals surface area contributed by atoms with Crippen LogP contribution in [0.2, 0.25) is 0 Å². The van der Waals surface area contributed by atoms with E-state index in [0.29, 0.717) is 0 Å². The van der Waals surface area contributed by atoms with Crippen molar-refractivity contribution in [1.29, 1.82) is 0 Å². The molecule has 0 aromatic rings. The van der Waals surface area contributed by atoms with Crippen LogP contribution in [0, 0.1) is 0 Å². The third kappa shape index (κ3) is 4.56. The van der Waals surface area contributed by atoms with Gasteiger partial charge in [0.25, 0.3) is 0 Å². The van der Waals surface area contributed by atoms with Gasteiger partial charge < -0.3 is 9.47 Å². The van der Waals surface area contributed by atoms with E-state index in [1.165, 1.54) is 0 Å². The van der Waals surface area contributed by atoms with Crippen molar-refractivity contribution in [3.63, 3.8) is 0 Å². The molecule has 1 saturated heterocycles. The molecule has 0 aromatic heterocycles. The van der Waals surface area contributed by atoms with Gasteiger partial charge in [0.05, 0.1) is 12.2 Å². The fourth-order valence-corrected chi connectivity index (χ4v) is 3.28. The largest absolute Gasteiger partial charge is 0.350 e. The second kappa shape index (κ2) is 5.46. The quantitative estimate of drug-likeness (QED) is 0.739. The Morgan fingerprint density at radius 3 is 1.62 bits per heavy atom. The molecule has 2 unspecified atom stereocenters. The minimum absolute atomic E-state index is 0.0637. The first-order valence-electron chi connectivity index (χ1n) is 4.47. The summed E-state index contributed by atoms with van der Waals surface area (Å²) in [5.41, 5.74) is 0.127. The molecule has 0 spiro atoms. The molecule has 0 radical (unpaired) electrons. The molecule has 0 bridgehead atoms. The van der Waals surface area contributed by atoms with Crippen LogP contribution >= 0.6 is 21.6 Å². The minimum Gasteiger partial charge on any atom is -0.350 e. The fourth-order valence-electron chi connectivity index (χ4n) is 0.886. The second-order valence-electron chi connectivity index (χ2n) is 3.39. The SMILES string of the molecule is CC(C)OC1NC(OC(C)C)SS1. The first-order valence-corrected chi connectivity index (χ1v) is 6.74. The molecular weight excluding hydrogens is 206 g/mol. The summed E-state index contributed by atoms with van der Waals surface area (Å²) in [6, 6.07) is 0. The van der Waals surface area contributed by atoms with Gasteiger partial charge in [-0.2, -0.15) is 0 Å². The predicted octanol–water partition coefficient (Wildman–Crippen LogP) is 2.39. The molecule has 2 atom stereocenters. The van der Waals surface area contributed by atoms with Crippen LogP contribution in [-0.4, -0.2) is 23.3 Å². The molecule has 0 saturated carbocycles. The molecule has 1 rings (SSSR count). The van der Waals surface area contributed by atoms with Crippen molar-refractivity contribution in [2.24, 2.45) is 0 Å². The van der Waals surface area contributed by atoms with Gasteiger partial charge in [0, 0.05) is 0 Å². The van der Waals surface area contributed by atoms with Crippen molar-refractivity contribution >= 4 is 21.6 Å². The summed E-state index contributed by atoms with van der Waals surface area (Å²) in [4.78, 5) is 0. The summed E-state index contributed by atoms with van der Waals surface area (Å²) in [6.07, 6.45) is 0.506. The molecule has 1 heterocycles. The van der Waals surface area contributed by atoms with Crippen LogP contribution < -0.4 is 5.32 Å².